The largest absolute Gasteiger partial charge is 0.487 e. The zero-order valence-electron chi connectivity index (χ0n) is 14.2. The highest BCUT2D eigenvalue weighted by Crippen LogP contribution is 2.39. The normalized spacial score (nSPS) is 16.7. The summed E-state index contributed by atoms with van der Waals surface area (Å²) in [5.41, 5.74) is 4.15. The van der Waals surface area contributed by atoms with Gasteiger partial charge in [-0.25, -0.2) is 0 Å². The van der Waals surface area contributed by atoms with Gasteiger partial charge in [-0.1, -0.05) is 35.3 Å². The van der Waals surface area contributed by atoms with E-state index in [9.17, 15) is 0 Å². The van der Waals surface area contributed by atoms with Gasteiger partial charge in [0, 0.05) is 30.7 Å². The van der Waals surface area contributed by atoms with E-state index in [2.05, 4.69) is 30.3 Å². The molecular weight excluding hydrogens is 343 g/mol. The number of hydrogen-bond donors (Lipinski definition) is 1. The summed E-state index contributed by atoms with van der Waals surface area (Å²) in [6.45, 7) is 2.58. The first-order valence-electron chi connectivity index (χ1n) is 8.15. The molecule has 0 aromatic heterocycles. The predicted octanol–water partition coefficient (Wildman–Crippen LogP) is 5.39. The third-order valence-corrected chi connectivity index (χ3v) is 5.54. The minimum Gasteiger partial charge on any atom is -0.487 e. The Morgan fingerprint density at radius 1 is 1.25 bits per heavy atom. The van der Waals surface area contributed by atoms with Crippen LogP contribution in [0.5, 0.6) is 5.75 Å². The van der Waals surface area contributed by atoms with Crippen molar-refractivity contribution in [2.75, 3.05) is 24.3 Å². The molecule has 1 atom stereocenters. The van der Waals surface area contributed by atoms with Crippen LogP contribution in [0, 0.1) is 0 Å². The average Bonchev–Trinajstić information content (AvgIpc) is 2.58. The molecule has 128 valence electrons. The maximum Gasteiger partial charge on any atom is 0.143 e. The first-order valence-corrected chi connectivity index (χ1v) is 8.90. The number of aryl methyl sites for hydroxylation is 1. The maximum absolute atomic E-state index is 6.44. The lowest BCUT2D eigenvalue weighted by Gasteiger charge is -2.35. The Morgan fingerprint density at radius 3 is 2.79 bits per heavy atom. The van der Waals surface area contributed by atoms with E-state index in [1.807, 2.05) is 31.3 Å². The number of nitrogens with zero attached hydrogens (tertiary/aromatic N) is 1. The van der Waals surface area contributed by atoms with Crippen LogP contribution in [0.4, 0.5) is 11.4 Å². The van der Waals surface area contributed by atoms with Gasteiger partial charge >= 0.3 is 0 Å². The fraction of sp³-hybridized carbons (Fsp3) is 0.368. The molecule has 0 aliphatic carbocycles. The van der Waals surface area contributed by atoms with E-state index in [0.29, 0.717) is 22.7 Å². The van der Waals surface area contributed by atoms with Crippen LogP contribution in [0.25, 0.3) is 0 Å². The lowest BCUT2D eigenvalue weighted by molar-refractivity contribution is 0.305. The second-order valence-corrected chi connectivity index (χ2v) is 6.97. The average molecular weight is 365 g/mol. The number of anilines is 2. The SMILES string of the molecule is CNc1ccc(Cl)c(COc2cccc3c2N(C)C(C)CC3)c1Cl. The van der Waals surface area contributed by atoms with Gasteiger partial charge < -0.3 is 15.0 Å². The molecule has 1 heterocycles. The molecule has 0 amide bonds. The minimum absolute atomic E-state index is 0.339. The predicted molar refractivity (Wildman–Crippen MR) is 103 cm³/mol. The number of para-hydroxylation sites is 1. The van der Waals surface area contributed by atoms with Crippen molar-refractivity contribution in [2.45, 2.75) is 32.4 Å². The summed E-state index contributed by atoms with van der Waals surface area (Å²) in [6, 6.07) is 10.4. The van der Waals surface area contributed by atoms with Gasteiger partial charge in [-0.05, 0) is 43.5 Å². The van der Waals surface area contributed by atoms with E-state index in [4.69, 9.17) is 27.9 Å². The number of nitrogens with one attached hydrogen (secondary N) is 1. The Bertz CT molecular complexity index is 748. The van der Waals surface area contributed by atoms with E-state index in [-0.39, 0.29) is 0 Å². The standard InChI is InChI=1S/C19H22Cl2N2O/c1-12-7-8-13-5-4-6-17(19(13)23(12)3)24-11-14-15(20)9-10-16(22-2)18(14)21/h4-6,9-10,12,22H,7-8,11H2,1-3H3. The van der Waals surface area contributed by atoms with Crippen LogP contribution >= 0.6 is 23.2 Å². The van der Waals surface area contributed by atoms with Crippen molar-refractivity contribution in [3.63, 3.8) is 0 Å². The molecular formula is C19H22Cl2N2O. The van der Waals surface area contributed by atoms with Crippen molar-refractivity contribution in [1.29, 1.82) is 0 Å². The van der Waals surface area contributed by atoms with Crippen LogP contribution in [0.3, 0.4) is 0 Å². The number of hydrogen-bond acceptors (Lipinski definition) is 3. The van der Waals surface area contributed by atoms with Gasteiger partial charge in [0.15, 0.2) is 0 Å². The Labute approximate surface area is 153 Å². The van der Waals surface area contributed by atoms with Crippen LogP contribution in [0.2, 0.25) is 10.0 Å². The first-order chi connectivity index (χ1) is 11.5. The molecule has 0 bridgehead atoms. The van der Waals surface area contributed by atoms with Gasteiger partial charge in [0.2, 0.25) is 0 Å². The second kappa shape index (κ2) is 7.12. The first kappa shape index (κ1) is 17.2. The Morgan fingerprint density at radius 2 is 2.04 bits per heavy atom. The molecule has 1 aliphatic heterocycles. The Balaban J connectivity index is 1.89. The number of ether oxygens (including phenoxy) is 1. The Hall–Kier alpha value is -1.58. The van der Waals surface area contributed by atoms with Gasteiger partial charge in [-0.3, -0.25) is 0 Å². The van der Waals surface area contributed by atoms with Crippen molar-refractivity contribution >= 4 is 34.6 Å². The van der Waals surface area contributed by atoms with E-state index in [1.54, 1.807) is 0 Å². The summed E-state index contributed by atoms with van der Waals surface area (Å²) in [5.74, 6) is 0.878. The quantitative estimate of drug-likeness (QED) is 0.787. The molecule has 24 heavy (non-hydrogen) atoms. The number of benzene rings is 2. The molecule has 5 heteroatoms. The fourth-order valence-corrected chi connectivity index (χ4v) is 3.71. The zero-order chi connectivity index (χ0) is 17.3. The topological polar surface area (TPSA) is 24.5 Å². The fourth-order valence-electron chi connectivity index (χ4n) is 3.14. The van der Waals surface area contributed by atoms with Gasteiger partial charge in [0.25, 0.3) is 0 Å². The molecule has 2 aromatic rings. The lowest BCUT2D eigenvalue weighted by atomic mass is 9.97. The highest BCUT2D eigenvalue weighted by molar-refractivity contribution is 6.37. The summed E-state index contributed by atoms with van der Waals surface area (Å²) in [7, 11) is 3.96. The molecule has 1 unspecified atom stereocenters. The molecule has 1 aliphatic rings. The Kier molecular flexibility index (Phi) is 5.12. The maximum atomic E-state index is 6.44. The van der Waals surface area contributed by atoms with Crippen LogP contribution in [-0.4, -0.2) is 20.1 Å². The number of fused-ring (bicyclic) bond motifs is 1. The summed E-state index contributed by atoms with van der Waals surface area (Å²) in [5, 5.41) is 4.29. The highest BCUT2D eigenvalue weighted by Gasteiger charge is 2.23. The summed E-state index contributed by atoms with van der Waals surface area (Å²) < 4.78 is 6.13. The molecule has 2 aromatic carbocycles. The highest BCUT2D eigenvalue weighted by atomic mass is 35.5. The number of rotatable bonds is 4. The van der Waals surface area contributed by atoms with Gasteiger partial charge in [0.05, 0.1) is 16.4 Å². The van der Waals surface area contributed by atoms with Crippen molar-refractivity contribution < 1.29 is 4.74 Å². The minimum atomic E-state index is 0.339. The molecule has 3 nitrogen and oxygen atoms in total. The zero-order valence-corrected chi connectivity index (χ0v) is 15.7. The van der Waals surface area contributed by atoms with Gasteiger partial charge in [-0.2, -0.15) is 0 Å². The molecule has 0 spiro atoms. The molecule has 3 rings (SSSR count). The third kappa shape index (κ3) is 3.15. The van der Waals surface area contributed by atoms with E-state index >= 15 is 0 Å². The van der Waals surface area contributed by atoms with Gasteiger partial charge in [-0.15, -0.1) is 0 Å². The molecule has 0 radical (unpaired) electrons. The third-order valence-electron chi connectivity index (χ3n) is 4.76. The monoisotopic (exact) mass is 364 g/mol. The van der Waals surface area contributed by atoms with E-state index < -0.39 is 0 Å². The number of halogens is 2. The molecule has 0 saturated heterocycles. The van der Waals surface area contributed by atoms with Crippen molar-refractivity contribution in [1.82, 2.24) is 0 Å². The molecule has 1 N–H and O–H groups in total. The van der Waals surface area contributed by atoms with Gasteiger partial charge in [0.1, 0.15) is 12.4 Å². The second-order valence-electron chi connectivity index (χ2n) is 6.19. The van der Waals surface area contributed by atoms with Crippen LogP contribution in [0.15, 0.2) is 30.3 Å². The van der Waals surface area contributed by atoms with Crippen LogP contribution in [0.1, 0.15) is 24.5 Å². The van der Waals surface area contributed by atoms with Crippen LogP contribution < -0.4 is 15.0 Å². The van der Waals surface area contributed by atoms with Crippen molar-refractivity contribution in [3.05, 3.63) is 51.5 Å². The van der Waals surface area contributed by atoms with E-state index in [0.717, 1.165) is 29.8 Å². The summed E-state index contributed by atoms with van der Waals surface area (Å²) in [6.07, 6.45) is 2.24. The summed E-state index contributed by atoms with van der Waals surface area (Å²) in [4.78, 5) is 2.29. The lowest BCUT2D eigenvalue weighted by Crippen LogP contribution is -2.33. The van der Waals surface area contributed by atoms with Crippen molar-refractivity contribution in [2.24, 2.45) is 0 Å². The van der Waals surface area contributed by atoms with Crippen LogP contribution in [-0.2, 0) is 13.0 Å². The van der Waals surface area contributed by atoms with E-state index in [1.165, 1.54) is 11.3 Å². The smallest absolute Gasteiger partial charge is 0.143 e. The summed E-state index contributed by atoms with van der Waals surface area (Å²) >= 11 is 12.8. The van der Waals surface area contributed by atoms with Crippen molar-refractivity contribution in [3.8, 4) is 5.75 Å². The molecule has 0 fully saturated rings. The molecule has 0 saturated carbocycles.